The van der Waals surface area contributed by atoms with Crippen LogP contribution in [0.2, 0.25) is 10.0 Å². The van der Waals surface area contributed by atoms with E-state index in [1.54, 1.807) is 12.1 Å². The van der Waals surface area contributed by atoms with Crippen molar-refractivity contribution in [1.29, 1.82) is 0 Å². The average molecular weight is 307 g/mol. The van der Waals surface area contributed by atoms with Gasteiger partial charge in [-0.25, -0.2) is 0 Å². The third kappa shape index (κ3) is 2.44. The summed E-state index contributed by atoms with van der Waals surface area (Å²) in [5.74, 6) is 0.0617. The Hall–Kier alpha value is -1.22. The molecule has 3 rings (SSSR count). The molecule has 0 saturated carbocycles. The lowest BCUT2D eigenvalue weighted by Gasteiger charge is -1.99. The van der Waals surface area contributed by atoms with Crippen molar-refractivity contribution in [2.24, 2.45) is 0 Å². The molecular weight excluding hydrogens is 299 g/mol. The standard InChI is InChI=1S/C15H8Cl2OS/c16-11-6-5-9(7-12(11)17)8-14-15(18)10-3-1-2-4-13(10)19-14/h1-8H/b14-8-. The normalized spacial score (nSPS) is 15.9. The number of carbonyl (C=O) groups is 1. The van der Waals surface area contributed by atoms with Crippen molar-refractivity contribution < 1.29 is 4.79 Å². The summed E-state index contributed by atoms with van der Waals surface area (Å²) >= 11 is 13.3. The molecule has 0 N–H and O–H groups in total. The van der Waals surface area contributed by atoms with Gasteiger partial charge in [-0.15, -0.1) is 0 Å². The molecule has 0 radical (unpaired) electrons. The first-order valence-corrected chi connectivity index (χ1v) is 7.21. The van der Waals surface area contributed by atoms with Gasteiger partial charge in [-0.1, -0.05) is 53.2 Å². The molecule has 94 valence electrons. The lowest BCUT2D eigenvalue weighted by atomic mass is 10.1. The second kappa shape index (κ2) is 5.04. The van der Waals surface area contributed by atoms with Crippen LogP contribution in [-0.2, 0) is 0 Å². The number of thioether (sulfide) groups is 1. The highest BCUT2D eigenvalue weighted by Crippen LogP contribution is 2.40. The molecule has 2 aromatic carbocycles. The third-order valence-corrected chi connectivity index (χ3v) is 4.65. The van der Waals surface area contributed by atoms with E-state index in [1.165, 1.54) is 11.8 Å². The molecular formula is C15H8Cl2OS. The molecule has 0 unspecified atom stereocenters. The van der Waals surface area contributed by atoms with Gasteiger partial charge in [-0.05, 0) is 35.9 Å². The van der Waals surface area contributed by atoms with E-state index < -0.39 is 0 Å². The Kier molecular flexibility index (Phi) is 3.40. The molecule has 19 heavy (non-hydrogen) atoms. The molecule has 0 fully saturated rings. The van der Waals surface area contributed by atoms with Gasteiger partial charge in [0.15, 0.2) is 0 Å². The van der Waals surface area contributed by atoms with Crippen LogP contribution >= 0.6 is 35.0 Å². The van der Waals surface area contributed by atoms with Gasteiger partial charge >= 0.3 is 0 Å². The molecule has 1 aliphatic heterocycles. The van der Waals surface area contributed by atoms with E-state index in [0.29, 0.717) is 15.0 Å². The van der Waals surface area contributed by atoms with Crippen molar-refractivity contribution in [1.82, 2.24) is 0 Å². The number of benzene rings is 2. The highest BCUT2D eigenvalue weighted by Gasteiger charge is 2.25. The number of rotatable bonds is 1. The number of allylic oxidation sites excluding steroid dienone is 1. The lowest BCUT2D eigenvalue weighted by molar-refractivity contribution is 0.104. The van der Waals surface area contributed by atoms with E-state index in [9.17, 15) is 4.79 Å². The molecule has 1 aliphatic rings. The molecule has 0 bridgehead atoms. The number of carbonyl (C=O) groups excluding carboxylic acids is 1. The summed E-state index contributed by atoms with van der Waals surface area (Å²) in [4.78, 5) is 13.9. The Bertz CT molecular complexity index is 707. The minimum absolute atomic E-state index is 0.0617. The number of hydrogen-bond donors (Lipinski definition) is 0. The zero-order chi connectivity index (χ0) is 13.4. The molecule has 0 atom stereocenters. The number of Topliss-reactive ketones (excluding diaryl/α,β-unsaturated/α-hetero) is 1. The minimum atomic E-state index is 0.0617. The summed E-state index contributed by atoms with van der Waals surface area (Å²) in [5, 5.41) is 1.00. The first-order valence-electron chi connectivity index (χ1n) is 5.63. The molecule has 0 aliphatic carbocycles. The zero-order valence-corrected chi connectivity index (χ0v) is 12.0. The Morgan fingerprint density at radius 1 is 1.00 bits per heavy atom. The molecule has 0 aromatic heterocycles. The average Bonchev–Trinajstić information content (AvgIpc) is 2.72. The first kappa shape index (κ1) is 12.8. The van der Waals surface area contributed by atoms with Gasteiger partial charge < -0.3 is 0 Å². The van der Waals surface area contributed by atoms with Gasteiger partial charge in [0.05, 0.1) is 15.0 Å². The highest BCUT2D eigenvalue weighted by atomic mass is 35.5. The van der Waals surface area contributed by atoms with Gasteiger partial charge in [-0.3, -0.25) is 4.79 Å². The second-order valence-corrected chi connectivity index (χ2v) is 6.01. The van der Waals surface area contributed by atoms with E-state index >= 15 is 0 Å². The van der Waals surface area contributed by atoms with Gasteiger partial charge in [0, 0.05) is 10.5 Å². The summed E-state index contributed by atoms with van der Waals surface area (Å²) in [6.07, 6.45) is 1.84. The maximum Gasteiger partial charge on any atom is 0.200 e. The fourth-order valence-corrected chi connectivity index (χ4v) is 3.25. The van der Waals surface area contributed by atoms with E-state index in [0.717, 1.165) is 16.0 Å². The molecule has 1 heterocycles. The Balaban J connectivity index is 1.98. The Labute approximate surface area is 125 Å². The van der Waals surface area contributed by atoms with E-state index in [2.05, 4.69) is 0 Å². The summed E-state index contributed by atoms with van der Waals surface area (Å²) in [6, 6.07) is 12.9. The molecule has 0 amide bonds. The van der Waals surface area contributed by atoms with Crippen molar-refractivity contribution >= 4 is 46.8 Å². The van der Waals surface area contributed by atoms with Crippen LogP contribution in [0.3, 0.4) is 0 Å². The van der Waals surface area contributed by atoms with E-state index in [-0.39, 0.29) is 5.78 Å². The van der Waals surface area contributed by atoms with Crippen molar-refractivity contribution in [3.63, 3.8) is 0 Å². The largest absolute Gasteiger partial charge is 0.288 e. The summed E-state index contributed by atoms with van der Waals surface area (Å²) in [6.45, 7) is 0. The highest BCUT2D eigenvalue weighted by molar-refractivity contribution is 8.04. The molecule has 2 aromatic rings. The molecule has 0 saturated heterocycles. The zero-order valence-electron chi connectivity index (χ0n) is 9.69. The van der Waals surface area contributed by atoms with Gasteiger partial charge in [0.1, 0.15) is 0 Å². The Morgan fingerprint density at radius 2 is 1.79 bits per heavy atom. The third-order valence-electron chi connectivity index (χ3n) is 2.82. The van der Waals surface area contributed by atoms with Crippen LogP contribution in [0.1, 0.15) is 15.9 Å². The number of halogens is 2. The van der Waals surface area contributed by atoms with Crippen LogP contribution in [0.5, 0.6) is 0 Å². The Morgan fingerprint density at radius 3 is 2.53 bits per heavy atom. The monoisotopic (exact) mass is 306 g/mol. The molecule has 1 nitrogen and oxygen atoms in total. The maximum absolute atomic E-state index is 12.2. The molecule has 4 heteroatoms. The summed E-state index contributed by atoms with van der Waals surface area (Å²) < 4.78 is 0. The smallest absolute Gasteiger partial charge is 0.200 e. The number of ketones is 1. The van der Waals surface area contributed by atoms with E-state index in [1.807, 2.05) is 36.4 Å². The second-order valence-electron chi connectivity index (χ2n) is 4.11. The molecule has 0 spiro atoms. The van der Waals surface area contributed by atoms with Gasteiger partial charge in [-0.2, -0.15) is 0 Å². The van der Waals surface area contributed by atoms with Crippen molar-refractivity contribution in [2.75, 3.05) is 0 Å². The van der Waals surface area contributed by atoms with Crippen molar-refractivity contribution in [3.05, 3.63) is 68.5 Å². The maximum atomic E-state index is 12.2. The van der Waals surface area contributed by atoms with Crippen LogP contribution in [0.4, 0.5) is 0 Å². The summed E-state index contributed by atoms with van der Waals surface area (Å²) in [7, 11) is 0. The number of hydrogen-bond acceptors (Lipinski definition) is 2. The van der Waals surface area contributed by atoms with E-state index in [4.69, 9.17) is 23.2 Å². The van der Waals surface area contributed by atoms with Crippen molar-refractivity contribution in [2.45, 2.75) is 4.90 Å². The van der Waals surface area contributed by atoms with Crippen LogP contribution in [0, 0.1) is 0 Å². The predicted octanol–water partition coefficient (Wildman–Crippen LogP) is 5.32. The minimum Gasteiger partial charge on any atom is -0.288 e. The van der Waals surface area contributed by atoms with Crippen molar-refractivity contribution in [3.8, 4) is 0 Å². The fourth-order valence-electron chi connectivity index (χ4n) is 1.89. The predicted molar refractivity (Wildman–Crippen MR) is 81.1 cm³/mol. The SMILES string of the molecule is O=C1/C(=C/c2ccc(Cl)c(Cl)c2)Sc2ccccc21. The topological polar surface area (TPSA) is 17.1 Å². The quantitative estimate of drug-likeness (QED) is 0.663. The first-order chi connectivity index (χ1) is 9.15. The van der Waals surface area contributed by atoms with Crippen LogP contribution in [0.15, 0.2) is 52.3 Å². The van der Waals surface area contributed by atoms with Crippen LogP contribution in [0.25, 0.3) is 6.08 Å². The van der Waals surface area contributed by atoms with Crippen LogP contribution < -0.4 is 0 Å². The van der Waals surface area contributed by atoms with Gasteiger partial charge in [0.25, 0.3) is 0 Å². The lowest BCUT2D eigenvalue weighted by Crippen LogP contribution is -1.93. The summed E-state index contributed by atoms with van der Waals surface area (Å²) in [5.41, 5.74) is 1.64. The fraction of sp³-hybridized carbons (Fsp3) is 0. The number of fused-ring (bicyclic) bond motifs is 1. The van der Waals surface area contributed by atoms with Crippen LogP contribution in [-0.4, -0.2) is 5.78 Å². The van der Waals surface area contributed by atoms with Gasteiger partial charge in [0.2, 0.25) is 5.78 Å².